The van der Waals surface area contributed by atoms with Crippen LogP contribution in [0.4, 0.5) is 10.2 Å². The van der Waals surface area contributed by atoms with Crippen molar-refractivity contribution in [3.63, 3.8) is 0 Å². The van der Waals surface area contributed by atoms with Crippen molar-refractivity contribution >= 4 is 40.1 Å². The molecule has 0 aliphatic heterocycles. The highest BCUT2D eigenvalue weighted by molar-refractivity contribution is 6.10. The molecule has 2 heterocycles. The molecular weight excluding hydrogens is 371 g/mol. The van der Waals surface area contributed by atoms with Crippen LogP contribution < -0.4 is 11.1 Å². The van der Waals surface area contributed by atoms with Crippen molar-refractivity contribution in [2.24, 2.45) is 5.10 Å². The predicted octanol–water partition coefficient (Wildman–Crippen LogP) is 3.10. The lowest BCUT2D eigenvalue weighted by atomic mass is 10.2. The van der Waals surface area contributed by atoms with Gasteiger partial charge in [0.15, 0.2) is 5.65 Å². The summed E-state index contributed by atoms with van der Waals surface area (Å²) in [5.74, 6) is -0.630. The van der Waals surface area contributed by atoms with Gasteiger partial charge < -0.3 is 11.1 Å². The van der Waals surface area contributed by atoms with E-state index in [1.807, 2.05) is 24.3 Å². The van der Waals surface area contributed by atoms with Crippen molar-refractivity contribution in [2.75, 3.05) is 12.3 Å². The molecule has 2 aromatic heterocycles. The summed E-state index contributed by atoms with van der Waals surface area (Å²) >= 11 is 0. The maximum absolute atomic E-state index is 13.1. The van der Waals surface area contributed by atoms with Gasteiger partial charge in [-0.15, -0.1) is 6.58 Å². The van der Waals surface area contributed by atoms with Gasteiger partial charge in [0.05, 0.1) is 17.2 Å². The number of rotatable bonds is 5. The topological polar surface area (TPSA) is 98.2 Å². The van der Waals surface area contributed by atoms with Gasteiger partial charge in [-0.1, -0.05) is 30.3 Å². The molecule has 0 unspecified atom stereocenters. The second-order valence-electron chi connectivity index (χ2n) is 6.25. The molecule has 2 aromatic carbocycles. The summed E-state index contributed by atoms with van der Waals surface area (Å²) < 4.78 is 14.5. The fourth-order valence-electron chi connectivity index (χ4n) is 2.91. The second-order valence-corrected chi connectivity index (χ2v) is 6.25. The standard InChI is InChI=1S/C21H17FN6O/c1-2-11-24-21(29)17-18-20(27-16-6-4-3-5-15(16)26-18)28(19(17)23)25-12-13-7-9-14(22)10-8-13/h2-10,12H,1,11,23H2,(H,24,29). The predicted molar refractivity (Wildman–Crippen MR) is 111 cm³/mol. The van der Waals surface area contributed by atoms with Crippen LogP contribution >= 0.6 is 0 Å². The van der Waals surface area contributed by atoms with Gasteiger partial charge in [0.1, 0.15) is 22.7 Å². The number of amides is 1. The monoisotopic (exact) mass is 388 g/mol. The van der Waals surface area contributed by atoms with Gasteiger partial charge in [0.2, 0.25) is 0 Å². The average Bonchev–Trinajstić information content (AvgIpc) is 3.00. The number of carbonyl (C=O) groups is 1. The minimum Gasteiger partial charge on any atom is -0.383 e. The number of benzene rings is 2. The molecule has 0 aliphatic rings. The van der Waals surface area contributed by atoms with Gasteiger partial charge in [-0.25, -0.2) is 14.4 Å². The van der Waals surface area contributed by atoms with Gasteiger partial charge in [-0.05, 0) is 29.8 Å². The van der Waals surface area contributed by atoms with Crippen LogP contribution in [0.1, 0.15) is 15.9 Å². The van der Waals surface area contributed by atoms with Crippen LogP contribution in [0.15, 0.2) is 66.3 Å². The fourth-order valence-corrected chi connectivity index (χ4v) is 2.91. The third-order valence-corrected chi connectivity index (χ3v) is 4.30. The van der Waals surface area contributed by atoms with Crippen LogP contribution in [-0.4, -0.2) is 33.3 Å². The first-order valence-electron chi connectivity index (χ1n) is 8.84. The number of nitrogen functional groups attached to an aromatic ring is 1. The first kappa shape index (κ1) is 18.3. The Labute approximate surface area is 165 Å². The molecule has 7 nitrogen and oxygen atoms in total. The molecule has 1 amide bonds. The van der Waals surface area contributed by atoms with E-state index in [1.165, 1.54) is 23.0 Å². The molecule has 0 saturated carbocycles. The SMILES string of the molecule is C=CCNC(=O)c1c(N)n(N=Cc2ccc(F)cc2)c2nc3ccccc3nc12. The van der Waals surface area contributed by atoms with E-state index in [0.29, 0.717) is 27.8 Å². The highest BCUT2D eigenvalue weighted by Crippen LogP contribution is 2.27. The quantitative estimate of drug-likeness (QED) is 0.405. The van der Waals surface area contributed by atoms with Crippen molar-refractivity contribution in [1.29, 1.82) is 0 Å². The molecule has 0 atom stereocenters. The van der Waals surface area contributed by atoms with Crippen LogP contribution in [0.25, 0.3) is 22.2 Å². The van der Waals surface area contributed by atoms with Crippen molar-refractivity contribution < 1.29 is 9.18 Å². The van der Waals surface area contributed by atoms with Gasteiger partial charge in [0.25, 0.3) is 5.91 Å². The number of halogens is 1. The Morgan fingerprint density at radius 3 is 2.55 bits per heavy atom. The molecule has 0 bridgehead atoms. The van der Waals surface area contributed by atoms with E-state index in [1.54, 1.807) is 18.2 Å². The molecular formula is C21H17FN6O. The van der Waals surface area contributed by atoms with Crippen molar-refractivity contribution in [3.05, 3.63) is 78.1 Å². The Balaban J connectivity index is 1.91. The zero-order valence-corrected chi connectivity index (χ0v) is 15.3. The Morgan fingerprint density at radius 1 is 1.17 bits per heavy atom. The average molecular weight is 388 g/mol. The smallest absolute Gasteiger partial charge is 0.257 e. The molecule has 0 radical (unpaired) electrons. The maximum Gasteiger partial charge on any atom is 0.257 e. The number of carbonyl (C=O) groups excluding carboxylic acids is 1. The van der Waals surface area contributed by atoms with E-state index < -0.39 is 5.91 Å². The first-order chi connectivity index (χ1) is 14.1. The van der Waals surface area contributed by atoms with Crippen molar-refractivity contribution in [1.82, 2.24) is 20.0 Å². The number of aromatic nitrogens is 3. The number of nitrogens with one attached hydrogen (secondary N) is 1. The van der Waals surface area contributed by atoms with E-state index in [0.717, 1.165) is 0 Å². The van der Waals surface area contributed by atoms with Gasteiger partial charge in [-0.3, -0.25) is 4.79 Å². The Kier molecular flexibility index (Phi) is 4.74. The molecule has 3 N–H and O–H groups in total. The van der Waals surface area contributed by atoms with E-state index >= 15 is 0 Å². The molecule has 4 aromatic rings. The van der Waals surface area contributed by atoms with E-state index in [2.05, 4.69) is 27.0 Å². The molecule has 0 spiro atoms. The summed E-state index contributed by atoms with van der Waals surface area (Å²) in [5.41, 5.74) is 9.10. The molecule has 8 heteroatoms. The molecule has 0 aliphatic carbocycles. The zero-order chi connectivity index (χ0) is 20.4. The van der Waals surface area contributed by atoms with Crippen LogP contribution in [-0.2, 0) is 0 Å². The second kappa shape index (κ2) is 7.51. The molecule has 0 saturated heterocycles. The van der Waals surface area contributed by atoms with Gasteiger partial charge in [-0.2, -0.15) is 9.78 Å². The highest BCUT2D eigenvalue weighted by atomic mass is 19.1. The number of para-hydroxylation sites is 2. The summed E-state index contributed by atoms with van der Waals surface area (Å²) in [6, 6.07) is 13.1. The van der Waals surface area contributed by atoms with Gasteiger partial charge in [0, 0.05) is 6.54 Å². The first-order valence-corrected chi connectivity index (χ1v) is 8.84. The summed E-state index contributed by atoms with van der Waals surface area (Å²) in [6.07, 6.45) is 3.08. The van der Waals surface area contributed by atoms with Crippen LogP contribution in [0.5, 0.6) is 0 Å². The number of hydrogen-bond donors (Lipinski definition) is 2. The molecule has 4 rings (SSSR count). The number of hydrogen-bond acceptors (Lipinski definition) is 5. The summed E-state index contributed by atoms with van der Waals surface area (Å²) in [6.45, 7) is 3.88. The number of nitrogens with zero attached hydrogens (tertiary/aromatic N) is 4. The molecule has 29 heavy (non-hydrogen) atoms. The minimum absolute atomic E-state index is 0.107. The number of fused-ring (bicyclic) bond motifs is 2. The van der Waals surface area contributed by atoms with E-state index in [-0.39, 0.29) is 23.7 Å². The fraction of sp³-hybridized carbons (Fsp3) is 0.0476. The van der Waals surface area contributed by atoms with Crippen LogP contribution in [0, 0.1) is 5.82 Å². The summed E-state index contributed by atoms with van der Waals surface area (Å²) in [7, 11) is 0. The minimum atomic E-state index is -0.396. The highest BCUT2D eigenvalue weighted by Gasteiger charge is 2.23. The lowest BCUT2D eigenvalue weighted by molar-refractivity contribution is 0.0960. The van der Waals surface area contributed by atoms with Crippen molar-refractivity contribution in [2.45, 2.75) is 0 Å². The lowest BCUT2D eigenvalue weighted by Gasteiger charge is -2.02. The summed E-state index contributed by atoms with van der Waals surface area (Å²) in [5, 5.41) is 7.08. The van der Waals surface area contributed by atoms with E-state index in [9.17, 15) is 9.18 Å². The molecule has 0 fully saturated rings. The van der Waals surface area contributed by atoms with E-state index in [4.69, 9.17) is 5.73 Å². The third-order valence-electron chi connectivity index (χ3n) is 4.30. The van der Waals surface area contributed by atoms with Crippen LogP contribution in [0.3, 0.4) is 0 Å². The molecule has 144 valence electrons. The third kappa shape index (κ3) is 3.43. The van der Waals surface area contributed by atoms with Crippen LogP contribution in [0.2, 0.25) is 0 Å². The number of anilines is 1. The normalized spacial score (nSPS) is 11.3. The zero-order valence-electron chi connectivity index (χ0n) is 15.3. The number of nitrogens with two attached hydrogens (primary N) is 1. The Bertz CT molecular complexity index is 1260. The summed E-state index contributed by atoms with van der Waals surface area (Å²) in [4.78, 5) is 21.9. The maximum atomic E-state index is 13.1. The Hall–Kier alpha value is -4.07. The largest absolute Gasteiger partial charge is 0.383 e. The van der Waals surface area contributed by atoms with Crippen molar-refractivity contribution in [3.8, 4) is 0 Å². The van der Waals surface area contributed by atoms with Gasteiger partial charge >= 0.3 is 0 Å². The lowest BCUT2D eigenvalue weighted by Crippen LogP contribution is -2.24. The Morgan fingerprint density at radius 2 is 1.86 bits per heavy atom.